The van der Waals surface area contributed by atoms with Crippen LogP contribution in [0.25, 0.3) is 55.3 Å². The third-order valence-electron chi connectivity index (χ3n) is 12.8. The van der Waals surface area contributed by atoms with E-state index in [9.17, 15) is 19.2 Å². The molecule has 4 atom stereocenters. The lowest BCUT2D eigenvalue weighted by Crippen LogP contribution is -2.51. The van der Waals surface area contributed by atoms with Crippen LogP contribution < -0.4 is 10.6 Å². The van der Waals surface area contributed by atoms with E-state index in [1.165, 1.54) is 14.2 Å². The Morgan fingerprint density at radius 1 is 0.662 bits per heavy atom. The number of likely N-dealkylation sites (tertiary alicyclic amines) is 2. The second-order valence-electron chi connectivity index (χ2n) is 17.1. The normalized spacial score (nSPS) is 17.1. The van der Waals surface area contributed by atoms with E-state index in [1.807, 2.05) is 66.2 Å². The number of benzene rings is 5. The quantitative estimate of drug-likeness (QED) is 0.0995. The number of aromatic amines is 2. The number of amides is 4. The van der Waals surface area contributed by atoms with E-state index < -0.39 is 24.3 Å². The average molecular weight is 873 g/mol. The summed E-state index contributed by atoms with van der Waals surface area (Å²) in [5.41, 5.74) is 8.63. The number of nitrogens with one attached hydrogen (secondary N) is 4. The number of carbonyl (C=O) groups excluding carboxylic acids is 4. The molecule has 9 rings (SSSR count). The van der Waals surface area contributed by atoms with Gasteiger partial charge in [-0.3, -0.25) is 9.59 Å². The van der Waals surface area contributed by atoms with Crippen molar-refractivity contribution in [2.24, 2.45) is 5.92 Å². The van der Waals surface area contributed by atoms with Crippen molar-refractivity contribution in [1.29, 1.82) is 0 Å². The summed E-state index contributed by atoms with van der Waals surface area (Å²) < 4.78 is 9.63. The molecule has 2 aliphatic rings. The lowest BCUT2D eigenvalue weighted by Gasteiger charge is -2.30. The zero-order valence-corrected chi connectivity index (χ0v) is 36.8. The molecule has 4 N–H and O–H groups in total. The smallest absolute Gasteiger partial charge is 0.407 e. The van der Waals surface area contributed by atoms with Crippen LogP contribution in [0, 0.1) is 5.92 Å². The molecule has 4 amide bonds. The molecule has 2 saturated heterocycles. The molecule has 2 aromatic heterocycles. The number of H-pyrrole nitrogens is 2. The van der Waals surface area contributed by atoms with Gasteiger partial charge >= 0.3 is 12.2 Å². The van der Waals surface area contributed by atoms with E-state index in [1.54, 1.807) is 0 Å². The van der Waals surface area contributed by atoms with Gasteiger partial charge in [-0.25, -0.2) is 19.6 Å². The van der Waals surface area contributed by atoms with Crippen molar-refractivity contribution in [2.75, 3.05) is 27.3 Å². The number of ether oxygens (including phenoxy) is 2. The molecule has 2 aliphatic heterocycles. The summed E-state index contributed by atoms with van der Waals surface area (Å²) >= 11 is 0. The summed E-state index contributed by atoms with van der Waals surface area (Å²) in [5.74, 6) is 1.00. The highest BCUT2D eigenvalue weighted by molar-refractivity contribution is 6.05. The fourth-order valence-corrected chi connectivity index (χ4v) is 9.29. The predicted octanol–water partition coefficient (Wildman–Crippen LogP) is 9.25. The number of fused-ring (bicyclic) bond motifs is 3. The lowest BCUT2D eigenvalue weighted by molar-refractivity contribution is -0.135. The van der Waals surface area contributed by atoms with Crippen LogP contribution in [0.3, 0.4) is 0 Å². The first kappa shape index (κ1) is 42.8. The minimum absolute atomic E-state index is 0.106. The molecule has 7 aromatic rings. The summed E-state index contributed by atoms with van der Waals surface area (Å²) in [5, 5.41) is 7.51. The van der Waals surface area contributed by atoms with Gasteiger partial charge < -0.3 is 39.9 Å². The van der Waals surface area contributed by atoms with Crippen LogP contribution in [0.1, 0.15) is 74.9 Å². The number of carbonyl (C=O) groups is 4. The fourth-order valence-electron chi connectivity index (χ4n) is 9.29. The number of aromatic nitrogens is 4. The number of imidazole rings is 2. The third kappa shape index (κ3) is 8.63. The molecular formula is C51H52N8O6. The number of methoxy groups -OCH3 is 2. The zero-order chi connectivity index (χ0) is 45.2. The summed E-state index contributed by atoms with van der Waals surface area (Å²) in [7, 11) is 2.58. The Kier molecular flexibility index (Phi) is 12.1. The Morgan fingerprint density at radius 2 is 1.25 bits per heavy atom. The Balaban J connectivity index is 0.882. The molecule has 0 unspecified atom stereocenters. The van der Waals surface area contributed by atoms with E-state index in [4.69, 9.17) is 19.4 Å². The number of hydrogen-bond donors (Lipinski definition) is 4. The first-order valence-corrected chi connectivity index (χ1v) is 22.1. The number of nitrogens with zero attached hydrogens (tertiary/aromatic N) is 4. The van der Waals surface area contributed by atoms with Gasteiger partial charge in [0, 0.05) is 18.5 Å². The summed E-state index contributed by atoms with van der Waals surface area (Å²) in [6, 6.07) is 34.6. The topological polar surface area (TPSA) is 175 Å². The van der Waals surface area contributed by atoms with E-state index in [0.29, 0.717) is 18.7 Å². The maximum atomic E-state index is 14.1. The van der Waals surface area contributed by atoms with Crippen molar-refractivity contribution < 1.29 is 28.7 Å². The van der Waals surface area contributed by atoms with E-state index in [0.717, 1.165) is 92.6 Å². The third-order valence-corrected chi connectivity index (χ3v) is 12.8. The zero-order valence-electron chi connectivity index (χ0n) is 36.8. The van der Waals surface area contributed by atoms with Crippen LogP contribution in [-0.2, 0) is 19.1 Å². The molecule has 332 valence electrons. The van der Waals surface area contributed by atoms with Gasteiger partial charge in [0.2, 0.25) is 5.91 Å². The fraction of sp³-hybridized carbons (Fsp3) is 0.294. The van der Waals surface area contributed by atoms with Crippen LogP contribution in [0.5, 0.6) is 0 Å². The van der Waals surface area contributed by atoms with Crippen molar-refractivity contribution in [2.45, 2.75) is 63.7 Å². The van der Waals surface area contributed by atoms with E-state index in [2.05, 4.69) is 93.4 Å². The first-order chi connectivity index (χ1) is 31.6. The van der Waals surface area contributed by atoms with Crippen molar-refractivity contribution in [3.05, 3.63) is 133 Å². The number of hydrogen-bond acceptors (Lipinski definition) is 8. The van der Waals surface area contributed by atoms with Crippen molar-refractivity contribution in [1.82, 2.24) is 40.4 Å². The molecule has 0 saturated carbocycles. The highest BCUT2D eigenvalue weighted by atomic mass is 16.5. The minimum Gasteiger partial charge on any atom is -0.453 e. The van der Waals surface area contributed by atoms with Crippen LogP contribution in [0.2, 0.25) is 0 Å². The molecular weight excluding hydrogens is 821 g/mol. The molecule has 65 heavy (non-hydrogen) atoms. The Bertz CT molecular complexity index is 2860. The summed E-state index contributed by atoms with van der Waals surface area (Å²) in [6.07, 6.45) is 3.73. The van der Waals surface area contributed by atoms with Crippen molar-refractivity contribution in [3.8, 4) is 33.5 Å². The SMILES string of the molecule is COC(=O)N[C@H](C(=O)N1CCC[C@H]1c1ncc(-c2ccc(-c3ccc(-c4ccc5c(ccc6[nH]c([C@@H]7CCCN7C(=O)[C@H](NC(=O)OC)c7ccccc7)nc65)c4)cc3)cc2)[nH]1)C(C)C. The second-order valence-corrected chi connectivity index (χ2v) is 17.1. The van der Waals surface area contributed by atoms with Crippen molar-refractivity contribution >= 4 is 45.8 Å². The highest BCUT2D eigenvalue weighted by Gasteiger charge is 2.39. The minimum atomic E-state index is -0.885. The molecule has 0 aliphatic carbocycles. The van der Waals surface area contributed by atoms with Crippen LogP contribution >= 0.6 is 0 Å². The molecule has 0 bridgehead atoms. The predicted molar refractivity (Wildman–Crippen MR) is 248 cm³/mol. The molecule has 4 heterocycles. The summed E-state index contributed by atoms with van der Waals surface area (Å²) in [6.45, 7) is 4.96. The van der Waals surface area contributed by atoms with Gasteiger partial charge in [-0.15, -0.1) is 0 Å². The largest absolute Gasteiger partial charge is 0.453 e. The lowest BCUT2D eigenvalue weighted by atomic mass is 9.97. The second kappa shape index (κ2) is 18.3. The molecule has 14 heteroatoms. The summed E-state index contributed by atoms with van der Waals surface area (Å²) in [4.78, 5) is 72.3. The van der Waals surface area contributed by atoms with Crippen molar-refractivity contribution in [3.63, 3.8) is 0 Å². The first-order valence-electron chi connectivity index (χ1n) is 22.1. The van der Waals surface area contributed by atoms with Gasteiger partial charge in [-0.05, 0) is 82.5 Å². The number of alkyl carbamates (subject to hydrolysis) is 2. The Morgan fingerprint density at radius 3 is 1.89 bits per heavy atom. The average Bonchev–Trinajstić information content (AvgIpc) is 4.19. The van der Waals surface area contributed by atoms with Crippen LogP contribution in [0.15, 0.2) is 115 Å². The van der Waals surface area contributed by atoms with Gasteiger partial charge in [0.15, 0.2) is 0 Å². The Labute approximate surface area is 376 Å². The molecule has 5 aromatic carbocycles. The van der Waals surface area contributed by atoms with Gasteiger partial charge in [-0.2, -0.15) is 0 Å². The number of rotatable bonds is 11. The van der Waals surface area contributed by atoms with E-state index >= 15 is 0 Å². The highest BCUT2D eigenvalue weighted by Crippen LogP contribution is 2.37. The van der Waals surface area contributed by atoms with Crippen LogP contribution in [0.4, 0.5) is 9.59 Å². The van der Waals surface area contributed by atoms with Gasteiger partial charge in [0.25, 0.3) is 5.91 Å². The maximum Gasteiger partial charge on any atom is 0.407 e. The molecule has 0 spiro atoms. The monoisotopic (exact) mass is 872 g/mol. The maximum absolute atomic E-state index is 14.1. The van der Waals surface area contributed by atoms with Crippen LogP contribution in [-0.4, -0.2) is 87.1 Å². The molecule has 0 radical (unpaired) electrons. The van der Waals surface area contributed by atoms with Gasteiger partial charge in [0.1, 0.15) is 23.7 Å². The standard InChI is InChI=1S/C51H52N8O6/c1-30(2)43(56-50(62)64-3)48(60)58-26-8-12-41(58)46-52-29-40(54-46)34-20-18-32(19-21-34)31-14-16-33(17-15-31)36-22-24-38-37(28-36)23-25-39-45(38)55-47(53-39)42-13-9-27-59(42)49(61)44(57-51(63)65-4)35-10-6-5-7-11-35/h5-7,10-11,14-25,28-30,41-44H,8-9,12-13,26-27H2,1-4H3,(H,52,54)(H,53,55)(H,56,62)(H,57,63)/t41-,42-,43-,44+/m0/s1. The van der Waals surface area contributed by atoms with Gasteiger partial charge in [-0.1, -0.05) is 111 Å². The Hall–Kier alpha value is -7.48. The van der Waals surface area contributed by atoms with Gasteiger partial charge in [0.05, 0.1) is 49.2 Å². The van der Waals surface area contributed by atoms with E-state index in [-0.39, 0.29) is 29.8 Å². The molecule has 2 fully saturated rings. The molecule has 14 nitrogen and oxygen atoms in total.